The minimum absolute atomic E-state index is 0.0333. The van der Waals surface area contributed by atoms with E-state index in [1.54, 1.807) is 13.2 Å². The van der Waals surface area contributed by atoms with E-state index < -0.39 is 0 Å². The maximum absolute atomic E-state index is 13.0. The number of carbonyl (C=O) groups excluding carboxylic acids is 1. The average Bonchev–Trinajstić information content (AvgIpc) is 3.22. The molecule has 0 aliphatic rings. The summed E-state index contributed by atoms with van der Waals surface area (Å²) in [7, 11) is 3.44. The van der Waals surface area contributed by atoms with Gasteiger partial charge in [-0.15, -0.1) is 0 Å². The predicted octanol–water partition coefficient (Wildman–Crippen LogP) is 5.27. The standard InChI is InChI=1S/C24H29N3O3/c1-5-8-18(25-3)15-17(6-2)26-23(28)20-9-7-10-21-22(20)27-24(30-21)16-11-13-19(29-4)14-12-16/h7,9-14,17H,5-6,8,15H2,1-4H3,(H,26,28). The zero-order valence-electron chi connectivity index (χ0n) is 18.1. The molecule has 6 nitrogen and oxygen atoms in total. The highest BCUT2D eigenvalue weighted by Crippen LogP contribution is 2.27. The molecule has 6 heteroatoms. The van der Waals surface area contributed by atoms with Crippen LogP contribution in [0.1, 0.15) is 49.9 Å². The number of amides is 1. The molecule has 158 valence electrons. The highest BCUT2D eigenvalue weighted by molar-refractivity contribution is 6.05. The maximum Gasteiger partial charge on any atom is 0.253 e. The van der Waals surface area contributed by atoms with Gasteiger partial charge in [-0.2, -0.15) is 0 Å². The van der Waals surface area contributed by atoms with Crippen molar-refractivity contribution in [3.8, 4) is 17.2 Å². The van der Waals surface area contributed by atoms with Gasteiger partial charge >= 0.3 is 0 Å². The molecule has 1 heterocycles. The third-order valence-corrected chi connectivity index (χ3v) is 5.17. The van der Waals surface area contributed by atoms with Crippen LogP contribution in [0.3, 0.4) is 0 Å². The van der Waals surface area contributed by atoms with Gasteiger partial charge in [0.25, 0.3) is 5.91 Å². The van der Waals surface area contributed by atoms with Crippen LogP contribution in [0.15, 0.2) is 51.9 Å². The number of nitrogens with one attached hydrogen (secondary N) is 1. The number of hydrogen-bond acceptors (Lipinski definition) is 5. The second-order valence-corrected chi connectivity index (χ2v) is 7.22. The molecule has 0 fully saturated rings. The summed E-state index contributed by atoms with van der Waals surface area (Å²) in [6, 6.07) is 12.9. The van der Waals surface area contributed by atoms with E-state index >= 15 is 0 Å². The van der Waals surface area contributed by atoms with Gasteiger partial charge in [0.05, 0.1) is 12.7 Å². The molecule has 1 amide bonds. The van der Waals surface area contributed by atoms with Gasteiger partial charge in [-0.3, -0.25) is 9.79 Å². The number of benzene rings is 2. The van der Waals surface area contributed by atoms with Gasteiger partial charge in [-0.25, -0.2) is 4.98 Å². The number of fused-ring (bicyclic) bond motifs is 1. The van der Waals surface area contributed by atoms with Crippen molar-refractivity contribution in [2.75, 3.05) is 14.2 Å². The minimum atomic E-state index is -0.144. The smallest absolute Gasteiger partial charge is 0.253 e. The third kappa shape index (κ3) is 4.87. The number of para-hydroxylation sites is 1. The first kappa shape index (κ1) is 21.6. The number of rotatable bonds is 9. The lowest BCUT2D eigenvalue weighted by Crippen LogP contribution is -2.36. The number of oxazole rings is 1. The summed E-state index contributed by atoms with van der Waals surface area (Å²) in [6.45, 7) is 4.21. The molecule has 0 bridgehead atoms. The zero-order chi connectivity index (χ0) is 21.5. The topological polar surface area (TPSA) is 76.7 Å². The van der Waals surface area contributed by atoms with Gasteiger partial charge < -0.3 is 14.5 Å². The highest BCUT2D eigenvalue weighted by Gasteiger charge is 2.19. The van der Waals surface area contributed by atoms with E-state index in [2.05, 4.69) is 29.1 Å². The van der Waals surface area contributed by atoms with Crippen LogP contribution in [0, 0.1) is 0 Å². The first-order valence-electron chi connectivity index (χ1n) is 10.4. The lowest BCUT2D eigenvalue weighted by atomic mass is 10.0. The SMILES string of the molecule is CCCC(CC(CC)NC(=O)c1cccc2oc(-c3ccc(OC)cc3)nc12)=NC. The number of nitrogens with zero attached hydrogens (tertiary/aromatic N) is 2. The van der Waals surface area contributed by atoms with Gasteiger partial charge in [0.2, 0.25) is 5.89 Å². The molecule has 2 aromatic carbocycles. The predicted molar refractivity (Wildman–Crippen MR) is 120 cm³/mol. The number of hydrogen-bond donors (Lipinski definition) is 1. The third-order valence-electron chi connectivity index (χ3n) is 5.17. The lowest BCUT2D eigenvalue weighted by Gasteiger charge is -2.18. The van der Waals surface area contributed by atoms with Crippen molar-refractivity contribution in [3.05, 3.63) is 48.0 Å². The fourth-order valence-corrected chi connectivity index (χ4v) is 3.43. The first-order valence-corrected chi connectivity index (χ1v) is 10.4. The summed E-state index contributed by atoms with van der Waals surface area (Å²) < 4.78 is 11.1. The molecule has 0 spiro atoms. The van der Waals surface area contributed by atoms with Crippen molar-refractivity contribution in [2.24, 2.45) is 4.99 Å². The molecular formula is C24H29N3O3. The summed E-state index contributed by atoms with van der Waals surface area (Å²) >= 11 is 0. The molecule has 1 aromatic heterocycles. The van der Waals surface area contributed by atoms with E-state index in [-0.39, 0.29) is 11.9 Å². The summed E-state index contributed by atoms with van der Waals surface area (Å²) in [5.41, 5.74) is 3.62. The molecule has 0 saturated carbocycles. The maximum atomic E-state index is 13.0. The number of methoxy groups -OCH3 is 1. The minimum Gasteiger partial charge on any atom is -0.497 e. The van der Waals surface area contributed by atoms with Gasteiger partial charge in [-0.05, 0) is 49.2 Å². The molecule has 1 unspecified atom stereocenters. The molecule has 30 heavy (non-hydrogen) atoms. The number of ether oxygens (including phenoxy) is 1. The summed E-state index contributed by atoms with van der Waals surface area (Å²) in [6.07, 6.45) is 3.59. The monoisotopic (exact) mass is 407 g/mol. The first-order chi connectivity index (χ1) is 14.6. The van der Waals surface area contributed by atoms with Gasteiger partial charge in [0.15, 0.2) is 5.58 Å². The summed E-state index contributed by atoms with van der Waals surface area (Å²) in [5, 5.41) is 3.14. The molecule has 0 saturated heterocycles. The molecule has 0 aliphatic carbocycles. The Bertz CT molecular complexity index is 1020. The van der Waals surface area contributed by atoms with Crippen LogP contribution in [0.25, 0.3) is 22.6 Å². The van der Waals surface area contributed by atoms with Crippen LogP contribution in [0.2, 0.25) is 0 Å². The Balaban J connectivity index is 1.84. The fraction of sp³-hybridized carbons (Fsp3) is 0.375. The van der Waals surface area contributed by atoms with Crippen LogP contribution in [0.5, 0.6) is 5.75 Å². The van der Waals surface area contributed by atoms with Gasteiger partial charge in [-0.1, -0.05) is 26.3 Å². The Morgan fingerprint density at radius 2 is 1.97 bits per heavy atom. The number of aliphatic imine (C=N–C) groups is 1. The van der Waals surface area contributed by atoms with E-state index in [9.17, 15) is 4.79 Å². The Morgan fingerprint density at radius 3 is 2.60 bits per heavy atom. The Hall–Kier alpha value is -3.15. The van der Waals surface area contributed by atoms with E-state index in [1.807, 2.05) is 43.4 Å². The normalized spacial score (nSPS) is 12.7. The summed E-state index contributed by atoms with van der Waals surface area (Å²) in [4.78, 5) is 22.0. The number of carbonyl (C=O) groups is 1. The molecule has 1 N–H and O–H groups in total. The molecule has 0 aliphatic heterocycles. The van der Waals surface area contributed by atoms with Crippen molar-refractivity contribution >= 4 is 22.7 Å². The van der Waals surface area contributed by atoms with Crippen LogP contribution in [0.4, 0.5) is 0 Å². The second-order valence-electron chi connectivity index (χ2n) is 7.22. The lowest BCUT2D eigenvalue weighted by molar-refractivity contribution is 0.0938. The van der Waals surface area contributed by atoms with Gasteiger partial charge in [0, 0.05) is 30.8 Å². The van der Waals surface area contributed by atoms with E-state index in [1.165, 1.54) is 0 Å². The highest BCUT2D eigenvalue weighted by atomic mass is 16.5. The number of aromatic nitrogens is 1. The molecule has 3 aromatic rings. The Morgan fingerprint density at radius 1 is 1.20 bits per heavy atom. The van der Waals surface area contributed by atoms with Crippen LogP contribution in [-0.4, -0.2) is 36.8 Å². The van der Waals surface area contributed by atoms with Crippen molar-refractivity contribution in [1.82, 2.24) is 10.3 Å². The molecule has 0 radical (unpaired) electrons. The van der Waals surface area contributed by atoms with Gasteiger partial charge in [0.1, 0.15) is 11.3 Å². The average molecular weight is 408 g/mol. The molecule has 3 rings (SSSR count). The van der Waals surface area contributed by atoms with E-state index in [0.29, 0.717) is 22.6 Å². The molecule has 1 atom stereocenters. The van der Waals surface area contributed by atoms with E-state index in [0.717, 1.165) is 42.7 Å². The fourth-order valence-electron chi connectivity index (χ4n) is 3.43. The largest absolute Gasteiger partial charge is 0.497 e. The van der Waals surface area contributed by atoms with Crippen molar-refractivity contribution in [1.29, 1.82) is 0 Å². The molecular weight excluding hydrogens is 378 g/mol. The Kier molecular flexibility index (Phi) is 7.22. The second kappa shape index (κ2) is 10.1. The van der Waals surface area contributed by atoms with Crippen LogP contribution >= 0.6 is 0 Å². The quantitative estimate of drug-likeness (QED) is 0.490. The summed E-state index contributed by atoms with van der Waals surface area (Å²) in [5.74, 6) is 1.09. The van der Waals surface area contributed by atoms with E-state index in [4.69, 9.17) is 9.15 Å². The van der Waals surface area contributed by atoms with Crippen LogP contribution < -0.4 is 10.1 Å². The Labute approximate surface area is 177 Å². The van der Waals surface area contributed by atoms with Crippen LogP contribution in [-0.2, 0) is 0 Å². The van der Waals surface area contributed by atoms with Crippen molar-refractivity contribution < 1.29 is 13.9 Å². The van der Waals surface area contributed by atoms with Crippen molar-refractivity contribution in [2.45, 2.75) is 45.6 Å². The zero-order valence-corrected chi connectivity index (χ0v) is 18.1. The van der Waals surface area contributed by atoms with Crippen molar-refractivity contribution in [3.63, 3.8) is 0 Å².